The third-order valence-electron chi connectivity index (χ3n) is 2.07. The zero-order valence-corrected chi connectivity index (χ0v) is 11.0. The van der Waals surface area contributed by atoms with Crippen LogP contribution in [-0.4, -0.2) is 13.1 Å². The van der Waals surface area contributed by atoms with E-state index < -0.39 is 0 Å². The number of methoxy groups -OCH3 is 1. The number of allylic oxidation sites excluding steroid dienone is 1. The van der Waals surface area contributed by atoms with E-state index >= 15 is 0 Å². The van der Waals surface area contributed by atoms with E-state index in [9.17, 15) is 4.79 Å². The van der Waals surface area contributed by atoms with Crippen LogP contribution in [0.4, 0.5) is 0 Å². The molecular weight excluding hydrogens is 291 g/mol. The molecule has 0 unspecified atom stereocenters. The van der Waals surface area contributed by atoms with Crippen LogP contribution in [0.3, 0.4) is 0 Å². The van der Waals surface area contributed by atoms with Crippen LogP contribution < -0.4 is 0 Å². The van der Waals surface area contributed by atoms with Crippen molar-refractivity contribution in [2.75, 3.05) is 7.11 Å². The minimum absolute atomic E-state index is 0.0853. The van der Waals surface area contributed by atoms with Gasteiger partial charge >= 0.3 is 5.97 Å². The maximum Gasteiger partial charge on any atom is 0.305 e. The van der Waals surface area contributed by atoms with Gasteiger partial charge < -0.3 is 4.74 Å². The summed E-state index contributed by atoms with van der Waals surface area (Å²) in [5.74, 6) is -0.0853. The first-order valence-corrected chi connectivity index (χ1v) is 6.38. The molecule has 2 nitrogen and oxygen atoms in total. The van der Waals surface area contributed by atoms with Gasteiger partial charge in [-0.25, -0.2) is 0 Å². The number of ether oxygens (including phenoxy) is 1. The van der Waals surface area contributed by atoms with Gasteiger partial charge in [0, 0.05) is 6.42 Å². The maximum absolute atomic E-state index is 10.8. The Balaban J connectivity index is 3.02. The van der Waals surface area contributed by atoms with Crippen molar-refractivity contribution in [2.24, 2.45) is 0 Å². The van der Waals surface area contributed by atoms with Gasteiger partial charge in [0.1, 0.15) is 0 Å². The highest BCUT2D eigenvalue weighted by molar-refractivity contribution is 14.1. The summed E-state index contributed by atoms with van der Waals surface area (Å²) in [5, 5.41) is 0. The van der Waals surface area contributed by atoms with Crippen molar-refractivity contribution in [1.82, 2.24) is 0 Å². The molecule has 0 N–H and O–H groups in total. The van der Waals surface area contributed by atoms with Gasteiger partial charge in [-0.05, 0) is 23.3 Å². The fourth-order valence-electron chi connectivity index (χ4n) is 1.23. The van der Waals surface area contributed by atoms with E-state index in [1.807, 2.05) is 0 Å². The number of rotatable bonds is 8. The second kappa shape index (κ2) is 11.0. The molecule has 3 heteroatoms. The molecule has 0 aliphatic heterocycles. The third-order valence-corrected chi connectivity index (χ3v) is 2.58. The van der Waals surface area contributed by atoms with E-state index in [1.165, 1.54) is 32.8 Å². The highest BCUT2D eigenvalue weighted by Crippen LogP contribution is 2.08. The van der Waals surface area contributed by atoms with Gasteiger partial charge in [0.05, 0.1) is 7.11 Å². The lowest BCUT2D eigenvalue weighted by molar-refractivity contribution is -0.140. The molecule has 0 saturated carbocycles. The Bertz CT molecular complexity index is 167. The van der Waals surface area contributed by atoms with Gasteiger partial charge in [-0.1, -0.05) is 47.9 Å². The quantitative estimate of drug-likeness (QED) is 0.387. The fourth-order valence-corrected chi connectivity index (χ4v) is 1.59. The van der Waals surface area contributed by atoms with Crippen LogP contribution in [0, 0.1) is 0 Å². The normalized spacial score (nSPS) is 10.7. The molecule has 0 amide bonds. The Morgan fingerprint density at radius 3 is 2.50 bits per heavy atom. The van der Waals surface area contributed by atoms with Crippen molar-refractivity contribution >= 4 is 28.6 Å². The smallest absolute Gasteiger partial charge is 0.305 e. The van der Waals surface area contributed by atoms with E-state index in [1.54, 1.807) is 0 Å². The van der Waals surface area contributed by atoms with Crippen molar-refractivity contribution in [3.63, 3.8) is 0 Å². The Labute approximate surface area is 100 Å². The Morgan fingerprint density at radius 1 is 1.21 bits per heavy atom. The van der Waals surface area contributed by atoms with Gasteiger partial charge in [-0.2, -0.15) is 0 Å². The van der Waals surface area contributed by atoms with Crippen LogP contribution in [0.1, 0.15) is 44.9 Å². The number of unbranched alkanes of at least 4 members (excludes halogenated alkanes) is 5. The molecule has 82 valence electrons. The van der Waals surface area contributed by atoms with E-state index in [0.717, 1.165) is 12.8 Å². The average Bonchev–Trinajstić information content (AvgIpc) is 2.21. The lowest BCUT2D eigenvalue weighted by atomic mass is 10.1. The van der Waals surface area contributed by atoms with Gasteiger partial charge in [0.25, 0.3) is 0 Å². The van der Waals surface area contributed by atoms with Crippen LogP contribution in [0.5, 0.6) is 0 Å². The van der Waals surface area contributed by atoms with Gasteiger partial charge in [-0.3, -0.25) is 4.79 Å². The first-order valence-electron chi connectivity index (χ1n) is 5.13. The summed E-state index contributed by atoms with van der Waals surface area (Å²) in [6.45, 7) is 0. The first-order chi connectivity index (χ1) is 6.81. The number of hydrogen-bond acceptors (Lipinski definition) is 2. The zero-order chi connectivity index (χ0) is 10.6. The Morgan fingerprint density at radius 2 is 1.86 bits per heavy atom. The second-order valence-electron chi connectivity index (χ2n) is 3.24. The number of halogens is 1. The lowest BCUT2D eigenvalue weighted by Crippen LogP contribution is -1.98. The van der Waals surface area contributed by atoms with Crippen molar-refractivity contribution < 1.29 is 9.53 Å². The molecule has 0 aliphatic rings. The van der Waals surface area contributed by atoms with E-state index in [4.69, 9.17) is 0 Å². The average molecular weight is 310 g/mol. The molecule has 0 fully saturated rings. The van der Waals surface area contributed by atoms with Crippen LogP contribution >= 0.6 is 22.6 Å². The highest BCUT2D eigenvalue weighted by atomic mass is 127. The zero-order valence-electron chi connectivity index (χ0n) is 8.80. The standard InChI is InChI=1S/C11H19IO2/c1-14-11(13)9-7-5-3-2-4-6-8-10-12/h8,10H,2-7,9H2,1H3/b10-8+. The number of hydrogen-bond donors (Lipinski definition) is 0. The van der Waals surface area contributed by atoms with Crippen LogP contribution in [-0.2, 0) is 9.53 Å². The molecule has 0 spiro atoms. The lowest BCUT2D eigenvalue weighted by Gasteiger charge is -1.99. The first kappa shape index (κ1) is 13.9. The van der Waals surface area contributed by atoms with E-state index in [0.29, 0.717) is 6.42 Å². The Kier molecular flexibility index (Phi) is 11.0. The third kappa shape index (κ3) is 10.0. The number of carbonyl (C=O) groups excluding carboxylic acids is 1. The molecule has 0 heterocycles. The number of esters is 1. The summed E-state index contributed by atoms with van der Waals surface area (Å²) >= 11 is 2.24. The minimum atomic E-state index is -0.0853. The summed E-state index contributed by atoms with van der Waals surface area (Å²) < 4.78 is 6.63. The molecule has 0 aromatic heterocycles. The Hall–Kier alpha value is -0.0600. The highest BCUT2D eigenvalue weighted by Gasteiger charge is 1.98. The molecule has 0 aromatic rings. The summed E-state index contributed by atoms with van der Waals surface area (Å²) in [4.78, 5) is 10.8. The maximum atomic E-state index is 10.8. The monoisotopic (exact) mass is 310 g/mol. The molecule has 0 aliphatic carbocycles. The molecule has 14 heavy (non-hydrogen) atoms. The summed E-state index contributed by atoms with van der Waals surface area (Å²) in [7, 11) is 1.44. The van der Waals surface area contributed by atoms with Crippen molar-refractivity contribution in [3.05, 3.63) is 10.2 Å². The van der Waals surface area contributed by atoms with Gasteiger partial charge in [0.15, 0.2) is 0 Å². The summed E-state index contributed by atoms with van der Waals surface area (Å²) in [6, 6.07) is 0. The molecule has 0 saturated heterocycles. The van der Waals surface area contributed by atoms with E-state index in [2.05, 4.69) is 37.5 Å². The summed E-state index contributed by atoms with van der Waals surface area (Å²) in [5.41, 5.74) is 0. The van der Waals surface area contributed by atoms with Crippen LogP contribution in [0.25, 0.3) is 0 Å². The van der Waals surface area contributed by atoms with E-state index in [-0.39, 0.29) is 5.97 Å². The summed E-state index contributed by atoms with van der Waals surface area (Å²) in [6.07, 6.45) is 9.81. The topological polar surface area (TPSA) is 26.3 Å². The van der Waals surface area contributed by atoms with Gasteiger partial charge in [0.2, 0.25) is 0 Å². The predicted octanol–water partition coefficient (Wildman–Crippen LogP) is 3.84. The molecular formula is C11H19IO2. The molecule has 0 aromatic carbocycles. The largest absolute Gasteiger partial charge is 0.469 e. The van der Waals surface area contributed by atoms with Crippen molar-refractivity contribution in [1.29, 1.82) is 0 Å². The second-order valence-corrected chi connectivity index (χ2v) is 3.96. The minimum Gasteiger partial charge on any atom is -0.469 e. The van der Waals surface area contributed by atoms with Crippen LogP contribution in [0.15, 0.2) is 10.2 Å². The molecule has 0 radical (unpaired) electrons. The van der Waals surface area contributed by atoms with Gasteiger partial charge in [-0.15, -0.1) is 0 Å². The molecule has 0 bridgehead atoms. The van der Waals surface area contributed by atoms with Crippen molar-refractivity contribution in [3.8, 4) is 0 Å². The molecule has 0 rings (SSSR count). The fraction of sp³-hybridized carbons (Fsp3) is 0.727. The van der Waals surface area contributed by atoms with Crippen LogP contribution in [0.2, 0.25) is 0 Å². The predicted molar refractivity (Wildman–Crippen MR) is 67.5 cm³/mol. The molecule has 0 atom stereocenters. The van der Waals surface area contributed by atoms with Crippen molar-refractivity contribution in [2.45, 2.75) is 44.9 Å². The SMILES string of the molecule is COC(=O)CCCCCCC/C=C/I. The number of carbonyl (C=O) groups is 1.